The summed E-state index contributed by atoms with van der Waals surface area (Å²) < 4.78 is 0. The van der Waals surface area contributed by atoms with Crippen molar-refractivity contribution in [2.24, 2.45) is 5.92 Å². The van der Waals surface area contributed by atoms with Crippen LogP contribution in [0.1, 0.15) is 19.3 Å². The molecule has 0 amide bonds. The van der Waals surface area contributed by atoms with Crippen LogP contribution in [0.25, 0.3) is 0 Å². The minimum absolute atomic E-state index is 0.756. The second-order valence-electron chi connectivity index (χ2n) is 4.15. The van der Waals surface area contributed by atoms with E-state index in [9.17, 15) is 0 Å². The molecule has 0 radical (unpaired) electrons. The number of rotatable bonds is 3. The van der Waals surface area contributed by atoms with Gasteiger partial charge in [0.25, 0.3) is 0 Å². The molecule has 2 heteroatoms. The van der Waals surface area contributed by atoms with Crippen molar-refractivity contribution in [2.75, 3.05) is 26.2 Å². The summed E-state index contributed by atoms with van der Waals surface area (Å²) in [6.45, 7) is 4.62. The van der Waals surface area contributed by atoms with Crippen molar-refractivity contribution >= 4 is 0 Å². The van der Waals surface area contributed by atoms with Gasteiger partial charge in [-0.3, -0.25) is 4.90 Å². The van der Waals surface area contributed by atoms with Gasteiger partial charge in [0.15, 0.2) is 0 Å². The van der Waals surface area contributed by atoms with Gasteiger partial charge in [-0.1, -0.05) is 0 Å². The average molecular weight is 178 g/mol. The maximum Gasteiger partial charge on any atom is 0.0223 e. The monoisotopic (exact) mass is 178 g/mol. The quantitative estimate of drug-likeness (QED) is 0.640. The van der Waals surface area contributed by atoms with Crippen LogP contribution in [0.3, 0.4) is 0 Å². The third kappa shape index (κ3) is 2.46. The van der Waals surface area contributed by atoms with Gasteiger partial charge in [-0.15, -0.1) is 12.3 Å². The number of hydrogen-bond acceptors (Lipinski definition) is 2. The van der Waals surface area contributed by atoms with E-state index in [0.29, 0.717) is 0 Å². The summed E-state index contributed by atoms with van der Waals surface area (Å²) in [5, 5.41) is 3.59. The Bertz CT molecular complexity index is 203. The van der Waals surface area contributed by atoms with Gasteiger partial charge in [0.1, 0.15) is 0 Å². The predicted molar refractivity (Wildman–Crippen MR) is 54.4 cm³/mol. The Morgan fingerprint density at radius 2 is 2.31 bits per heavy atom. The summed E-state index contributed by atoms with van der Waals surface area (Å²) in [4.78, 5) is 2.50. The molecule has 13 heavy (non-hydrogen) atoms. The lowest BCUT2D eigenvalue weighted by molar-refractivity contribution is 0.192. The third-order valence-corrected chi connectivity index (χ3v) is 3.05. The Morgan fingerprint density at radius 1 is 1.46 bits per heavy atom. The Hall–Kier alpha value is -0.520. The molecule has 1 aliphatic heterocycles. The van der Waals surface area contributed by atoms with Gasteiger partial charge in [-0.05, 0) is 18.8 Å². The maximum absolute atomic E-state index is 5.26. The van der Waals surface area contributed by atoms with E-state index in [0.717, 1.165) is 31.5 Å². The van der Waals surface area contributed by atoms with Crippen molar-refractivity contribution in [1.29, 1.82) is 0 Å². The predicted octanol–water partition coefficient (Wildman–Crippen LogP) is 0.694. The Kier molecular flexibility index (Phi) is 2.87. The minimum atomic E-state index is 0.756. The zero-order valence-corrected chi connectivity index (χ0v) is 8.13. The first-order valence-corrected chi connectivity index (χ1v) is 5.29. The van der Waals surface area contributed by atoms with Crippen LogP contribution in [0.2, 0.25) is 0 Å². The highest BCUT2D eigenvalue weighted by atomic mass is 15.2. The van der Waals surface area contributed by atoms with Gasteiger partial charge >= 0.3 is 0 Å². The standard InChI is InChI=1S/C11H18N2/c1-2-3-7-13-8-6-12-11(9-13)10-4-5-10/h1,10-12H,3-9H2. The molecule has 1 aliphatic carbocycles. The Labute approximate surface area is 80.7 Å². The lowest BCUT2D eigenvalue weighted by Crippen LogP contribution is -2.51. The van der Waals surface area contributed by atoms with E-state index < -0.39 is 0 Å². The van der Waals surface area contributed by atoms with Crippen LogP contribution < -0.4 is 5.32 Å². The van der Waals surface area contributed by atoms with Crippen molar-refractivity contribution in [3.63, 3.8) is 0 Å². The molecule has 1 saturated heterocycles. The summed E-state index contributed by atoms with van der Waals surface area (Å²) in [7, 11) is 0. The topological polar surface area (TPSA) is 15.3 Å². The fraction of sp³-hybridized carbons (Fsp3) is 0.818. The first kappa shape index (κ1) is 9.05. The molecular formula is C11H18N2. The molecule has 2 rings (SSSR count). The lowest BCUT2D eigenvalue weighted by atomic mass is 10.1. The van der Waals surface area contributed by atoms with E-state index in [1.165, 1.54) is 25.9 Å². The molecule has 0 aromatic rings. The van der Waals surface area contributed by atoms with Crippen molar-refractivity contribution in [2.45, 2.75) is 25.3 Å². The number of hydrogen-bond donors (Lipinski definition) is 1. The second-order valence-corrected chi connectivity index (χ2v) is 4.15. The smallest absolute Gasteiger partial charge is 0.0223 e. The molecule has 0 bridgehead atoms. The largest absolute Gasteiger partial charge is 0.311 e. The normalized spacial score (nSPS) is 29.9. The van der Waals surface area contributed by atoms with Gasteiger partial charge in [0.2, 0.25) is 0 Å². The SMILES string of the molecule is C#CCCN1CCNC(C2CC2)C1. The van der Waals surface area contributed by atoms with E-state index in [2.05, 4.69) is 16.1 Å². The Balaban J connectivity index is 1.75. The highest BCUT2D eigenvalue weighted by Gasteiger charge is 2.33. The van der Waals surface area contributed by atoms with E-state index in [-0.39, 0.29) is 0 Å². The summed E-state index contributed by atoms with van der Waals surface area (Å²) in [6, 6.07) is 0.756. The summed E-state index contributed by atoms with van der Waals surface area (Å²) in [5.74, 6) is 3.68. The molecule has 72 valence electrons. The van der Waals surface area contributed by atoms with Gasteiger partial charge < -0.3 is 5.32 Å². The summed E-state index contributed by atoms with van der Waals surface area (Å²) in [6.07, 6.45) is 9.02. The molecular weight excluding hydrogens is 160 g/mol. The molecule has 2 nitrogen and oxygen atoms in total. The molecule has 1 saturated carbocycles. The molecule has 1 N–H and O–H groups in total. The number of nitrogens with one attached hydrogen (secondary N) is 1. The fourth-order valence-electron chi connectivity index (χ4n) is 2.08. The third-order valence-electron chi connectivity index (χ3n) is 3.05. The molecule has 1 atom stereocenters. The number of nitrogens with zero attached hydrogens (tertiary/aromatic N) is 1. The zero-order valence-electron chi connectivity index (χ0n) is 8.13. The van der Waals surface area contributed by atoms with Crippen LogP contribution in [-0.2, 0) is 0 Å². The van der Waals surface area contributed by atoms with Crippen molar-refractivity contribution in [3.8, 4) is 12.3 Å². The maximum atomic E-state index is 5.26. The van der Waals surface area contributed by atoms with E-state index in [4.69, 9.17) is 6.42 Å². The van der Waals surface area contributed by atoms with Crippen LogP contribution in [0.4, 0.5) is 0 Å². The lowest BCUT2D eigenvalue weighted by Gasteiger charge is -2.33. The van der Waals surface area contributed by atoms with Crippen LogP contribution >= 0.6 is 0 Å². The summed E-state index contributed by atoms with van der Waals surface area (Å²) in [5.41, 5.74) is 0. The zero-order chi connectivity index (χ0) is 9.10. The molecule has 0 aromatic heterocycles. The van der Waals surface area contributed by atoms with Crippen molar-refractivity contribution in [1.82, 2.24) is 10.2 Å². The molecule has 2 aliphatic rings. The fourth-order valence-corrected chi connectivity index (χ4v) is 2.08. The molecule has 0 spiro atoms. The Morgan fingerprint density at radius 3 is 3.00 bits per heavy atom. The van der Waals surface area contributed by atoms with Gasteiger partial charge in [-0.25, -0.2) is 0 Å². The molecule has 1 unspecified atom stereocenters. The molecule has 0 aromatic carbocycles. The second kappa shape index (κ2) is 4.13. The van der Waals surface area contributed by atoms with Crippen LogP contribution in [0, 0.1) is 18.3 Å². The van der Waals surface area contributed by atoms with Gasteiger partial charge in [-0.2, -0.15) is 0 Å². The number of terminal acetylenes is 1. The number of piperazine rings is 1. The van der Waals surface area contributed by atoms with Crippen molar-refractivity contribution in [3.05, 3.63) is 0 Å². The first-order chi connectivity index (χ1) is 6.40. The highest BCUT2D eigenvalue weighted by molar-refractivity contribution is 4.92. The highest BCUT2D eigenvalue weighted by Crippen LogP contribution is 2.33. The summed E-state index contributed by atoms with van der Waals surface area (Å²) >= 11 is 0. The minimum Gasteiger partial charge on any atom is -0.311 e. The van der Waals surface area contributed by atoms with E-state index >= 15 is 0 Å². The first-order valence-electron chi connectivity index (χ1n) is 5.29. The van der Waals surface area contributed by atoms with Crippen LogP contribution in [0.5, 0.6) is 0 Å². The van der Waals surface area contributed by atoms with Crippen LogP contribution in [0.15, 0.2) is 0 Å². The molecule has 1 heterocycles. The van der Waals surface area contributed by atoms with E-state index in [1.54, 1.807) is 0 Å². The van der Waals surface area contributed by atoms with Gasteiger partial charge in [0.05, 0.1) is 0 Å². The van der Waals surface area contributed by atoms with Gasteiger partial charge in [0, 0.05) is 38.6 Å². The van der Waals surface area contributed by atoms with Crippen molar-refractivity contribution < 1.29 is 0 Å². The molecule has 2 fully saturated rings. The average Bonchev–Trinajstić information content (AvgIpc) is 2.98. The van der Waals surface area contributed by atoms with Crippen LogP contribution in [-0.4, -0.2) is 37.1 Å². The van der Waals surface area contributed by atoms with E-state index in [1.807, 2.05) is 0 Å².